The number of ether oxygens (including phenoxy) is 1. The van der Waals surface area contributed by atoms with Crippen LogP contribution in [0.2, 0.25) is 5.02 Å². The van der Waals surface area contributed by atoms with Gasteiger partial charge in [0.2, 0.25) is 0 Å². The second kappa shape index (κ2) is 10.2. The number of hydrogen-bond acceptors (Lipinski definition) is 4. The molecule has 0 aliphatic carbocycles. The molecule has 1 aromatic carbocycles. The summed E-state index contributed by atoms with van der Waals surface area (Å²) in [6, 6.07) is 3.20. The molecule has 26 heavy (non-hydrogen) atoms. The standard InChI is InChI=1S/C16H21ClF3N3O2.ClH/c1-11-8-12(2-3-13(11)17)25-10-15(24)22-9-14(16(18,19)20)23-6-4-21-5-7-23;/h2-3,8,14,21H,4-7,9-10H2,1H3,(H,22,24);1H. The van der Waals surface area contributed by atoms with Crippen molar-refractivity contribution in [3.63, 3.8) is 0 Å². The topological polar surface area (TPSA) is 53.6 Å². The number of carbonyl (C=O) groups excluding carboxylic acids is 1. The molecule has 1 aliphatic heterocycles. The molecule has 2 rings (SSSR count). The summed E-state index contributed by atoms with van der Waals surface area (Å²) in [4.78, 5) is 13.2. The van der Waals surface area contributed by atoms with Gasteiger partial charge in [0.05, 0.1) is 0 Å². The van der Waals surface area contributed by atoms with Crippen molar-refractivity contribution < 1.29 is 22.7 Å². The van der Waals surface area contributed by atoms with Gasteiger partial charge >= 0.3 is 6.18 Å². The highest BCUT2D eigenvalue weighted by atomic mass is 35.5. The minimum absolute atomic E-state index is 0. The molecule has 1 atom stereocenters. The van der Waals surface area contributed by atoms with E-state index in [1.165, 1.54) is 4.90 Å². The minimum atomic E-state index is -4.40. The van der Waals surface area contributed by atoms with Crippen LogP contribution in [-0.2, 0) is 4.79 Å². The van der Waals surface area contributed by atoms with Gasteiger partial charge in [-0.1, -0.05) is 11.6 Å². The monoisotopic (exact) mass is 415 g/mol. The SMILES string of the molecule is Cc1cc(OCC(=O)NCC(N2CCNCC2)C(F)(F)F)ccc1Cl.Cl. The highest BCUT2D eigenvalue weighted by molar-refractivity contribution is 6.31. The maximum Gasteiger partial charge on any atom is 0.405 e. The fourth-order valence-electron chi connectivity index (χ4n) is 2.56. The van der Waals surface area contributed by atoms with E-state index in [0.29, 0.717) is 37.0 Å². The predicted molar refractivity (Wildman–Crippen MR) is 96.2 cm³/mol. The first-order valence-electron chi connectivity index (χ1n) is 7.94. The lowest BCUT2D eigenvalue weighted by molar-refractivity contribution is -0.184. The van der Waals surface area contributed by atoms with Gasteiger partial charge in [-0.25, -0.2) is 0 Å². The molecule has 10 heteroatoms. The van der Waals surface area contributed by atoms with E-state index >= 15 is 0 Å². The van der Waals surface area contributed by atoms with E-state index in [4.69, 9.17) is 16.3 Å². The molecule has 1 aliphatic rings. The number of amides is 1. The molecule has 1 heterocycles. The van der Waals surface area contributed by atoms with Crippen LogP contribution in [0, 0.1) is 6.92 Å². The van der Waals surface area contributed by atoms with E-state index in [9.17, 15) is 18.0 Å². The van der Waals surface area contributed by atoms with Crippen molar-refractivity contribution in [1.82, 2.24) is 15.5 Å². The maximum atomic E-state index is 13.2. The third kappa shape index (κ3) is 6.83. The number of nitrogens with one attached hydrogen (secondary N) is 2. The Morgan fingerprint density at radius 3 is 2.62 bits per heavy atom. The van der Waals surface area contributed by atoms with Gasteiger partial charge in [-0.3, -0.25) is 9.69 Å². The van der Waals surface area contributed by atoms with Crippen molar-refractivity contribution in [2.45, 2.75) is 19.1 Å². The number of aryl methyl sites for hydroxylation is 1. The van der Waals surface area contributed by atoms with Crippen molar-refractivity contribution in [3.8, 4) is 5.75 Å². The van der Waals surface area contributed by atoms with Crippen LogP contribution in [0.25, 0.3) is 0 Å². The van der Waals surface area contributed by atoms with Crippen molar-refractivity contribution in [2.75, 3.05) is 39.3 Å². The van der Waals surface area contributed by atoms with Crippen LogP contribution in [0.5, 0.6) is 5.75 Å². The van der Waals surface area contributed by atoms with Crippen molar-refractivity contribution >= 4 is 29.9 Å². The molecule has 0 spiro atoms. The molecular formula is C16H22Cl2F3N3O2. The summed E-state index contributed by atoms with van der Waals surface area (Å²) in [5, 5.41) is 5.89. The summed E-state index contributed by atoms with van der Waals surface area (Å²) in [6.45, 7) is 2.52. The Hall–Kier alpha value is -1.22. The van der Waals surface area contributed by atoms with E-state index < -0.39 is 24.7 Å². The largest absolute Gasteiger partial charge is 0.484 e. The molecule has 0 radical (unpaired) electrons. The summed E-state index contributed by atoms with van der Waals surface area (Å²) in [5.74, 6) is -0.163. The van der Waals surface area contributed by atoms with Gasteiger partial charge in [0.15, 0.2) is 6.61 Å². The van der Waals surface area contributed by atoms with E-state index in [1.54, 1.807) is 25.1 Å². The van der Waals surface area contributed by atoms with E-state index in [1.807, 2.05) is 0 Å². The zero-order valence-corrected chi connectivity index (χ0v) is 15.8. The number of benzene rings is 1. The highest BCUT2D eigenvalue weighted by Gasteiger charge is 2.43. The molecule has 0 bridgehead atoms. The molecule has 1 fully saturated rings. The van der Waals surface area contributed by atoms with E-state index in [2.05, 4.69) is 10.6 Å². The second-order valence-corrected chi connectivity index (χ2v) is 6.25. The van der Waals surface area contributed by atoms with Gasteiger partial charge in [0.25, 0.3) is 5.91 Å². The normalized spacial score (nSPS) is 16.5. The van der Waals surface area contributed by atoms with Gasteiger partial charge in [-0.05, 0) is 30.7 Å². The van der Waals surface area contributed by atoms with Crippen molar-refractivity contribution in [3.05, 3.63) is 28.8 Å². The summed E-state index contributed by atoms with van der Waals surface area (Å²) in [5.41, 5.74) is 0.787. The Balaban J connectivity index is 0.00000338. The number of halogens is 5. The van der Waals surface area contributed by atoms with Crippen molar-refractivity contribution in [1.29, 1.82) is 0 Å². The van der Waals surface area contributed by atoms with E-state index in [-0.39, 0.29) is 19.0 Å². The first-order valence-corrected chi connectivity index (χ1v) is 8.32. The third-order valence-corrected chi connectivity index (χ3v) is 4.39. The number of alkyl halides is 3. The summed E-state index contributed by atoms with van der Waals surface area (Å²) >= 11 is 5.89. The van der Waals surface area contributed by atoms with Gasteiger partial charge < -0.3 is 15.4 Å². The Morgan fingerprint density at radius 1 is 1.38 bits per heavy atom. The Bertz CT molecular complexity index is 597. The Morgan fingerprint density at radius 2 is 2.04 bits per heavy atom. The van der Waals surface area contributed by atoms with Crippen LogP contribution in [0.3, 0.4) is 0 Å². The molecule has 1 saturated heterocycles. The van der Waals surface area contributed by atoms with Crippen LogP contribution in [0.15, 0.2) is 18.2 Å². The second-order valence-electron chi connectivity index (χ2n) is 5.85. The first-order chi connectivity index (χ1) is 11.8. The Kier molecular flexibility index (Phi) is 8.95. The lowest BCUT2D eigenvalue weighted by atomic mass is 10.2. The van der Waals surface area contributed by atoms with E-state index in [0.717, 1.165) is 5.56 Å². The summed E-state index contributed by atoms with van der Waals surface area (Å²) < 4.78 is 45.0. The Labute approximate surface area is 161 Å². The van der Waals surface area contributed by atoms with Crippen molar-refractivity contribution in [2.24, 2.45) is 0 Å². The number of piperazine rings is 1. The molecule has 5 nitrogen and oxygen atoms in total. The number of rotatable bonds is 6. The molecule has 148 valence electrons. The molecular weight excluding hydrogens is 394 g/mol. The van der Waals surface area contributed by atoms with Gasteiger partial charge in [-0.15, -0.1) is 12.4 Å². The smallest absolute Gasteiger partial charge is 0.405 e. The first kappa shape index (κ1) is 22.8. The minimum Gasteiger partial charge on any atom is -0.484 e. The lowest BCUT2D eigenvalue weighted by Gasteiger charge is -2.35. The van der Waals surface area contributed by atoms with Crippen LogP contribution < -0.4 is 15.4 Å². The number of hydrogen-bond donors (Lipinski definition) is 2. The average Bonchev–Trinajstić information content (AvgIpc) is 2.56. The maximum absolute atomic E-state index is 13.2. The predicted octanol–water partition coefficient (Wildman–Crippen LogP) is 2.40. The van der Waals surface area contributed by atoms with Gasteiger partial charge in [0.1, 0.15) is 11.8 Å². The molecule has 1 unspecified atom stereocenters. The summed E-state index contributed by atoms with van der Waals surface area (Å²) in [6.07, 6.45) is -4.40. The van der Waals surface area contributed by atoms with Crippen LogP contribution in [0.4, 0.5) is 13.2 Å². The fourth-order valence-corrected chi connectivity index (χ4v) is 2.68. The summed E-state index contributed by atoms with van der Waals surface area (Å²) in [7, 11) is 0. The quantitative estimate of drug-likeness (QED) is 0.748. The van der Waals surface area contributed by atoms with Crippen LogP contribution >= 0.6 is 24.0 Å². The fraction of sp³-hybridized carbons (Fsp3) is 0.562. The molecule has 0 saturated carbocycles. The molecule has 1 aromatic rings. The van der Waals surface area contributed by atoms with Crippen LogP contribution in [-0.4, -0.2) is 62.4 Å². The third-order valence-electron chi connectivity index (χ3n) is 3.96. The number of nitrogens with zero attached hydrogens (tertiary/aromatic N) is 1. The van der Waals surface area contributed by atoms with Crippen LogP contribution in [0.1, 0.15) is 5.56 Å². The number of carbonyl (C=O) groups is 1. The zero-order chi connectivity index (χ0) is 18.4. The molecule has 0 aromatic heterocycles. The van der Waals surface area contributed by atoms with Gasteiger partial charge in [-0.2, -0.15) is 13.2 Å². The zero-order valence-electron chi connectivity index (χ0n) is 14.2. The molecule has 1 amide bonds. The highest BCUT2D eigenvalue weighted by Crippen LogP contribution is 2.25. The van der Waals surface area contributed by atoms with Gasteiger partial charge in [0, 0.05) is 37.7 Å². The molecule has 2 N–H and O–H groups in total. The lowest BCUT2D eigenvalue weighted by Crippen LogP contribution is -2.57. The average molecular weight is 416 g/mol.